The number of aliphatic hydroxyl groups is 2. The summed E-state index contributed by atoms with van der Waals surface area (Å²) in [6, 6.07) is -0.254. The number of carbonyl (C=O) groups is 2. The molecule has 2 aliphatic rings. The zero-order valence-electron chi connectivity index (χ0n) is 17.8. The summed E-state index contributed by atoms with van der Waals surface area (Å²) in [4.78, 5) is 33.5. The van der Waals surface area contributed by atoms with Gasteiger partial charge in [-0.1, -0.05) is 46.4 Å². The van der Waals surface area contributed by atoms with Crippen molar-refractivity contribution in [3.63, 3.8) is 0 Å². The molecule has 3 N–H and O–H groups in total. The Hall–Kier alpha value is -1.67. The minimum absolute atomic E-state index is 0.254. The molecule has 192 valence electrons. The fraction of sp³-hybridized carbons (Fsp3) is 0.632. The molecule has 0 radical (unpaired) electrons. The number of hydrogen-bond acceptors (Lipinski definition) is 11. The molecule has 2 aromatic heterocycles. The van der Waals surface area contributed by atoms with Crippen molar-refractivity contribution in [3.8, 4) is 0 Å². The number of hydrogen-bond donors (Lipinski definition) is 3. The van der Waals surface area contributed by atoms with Crippen LogP contribution in [0.1, 0.15) is 25.5 Å². The first kappa shape index (κ1) is 26.4. The molecule has 6 atom stereocenters. The van der Waals surface area contributed by atoms with Crippen LogP contribution in [0.4, 0.5) is 5.82 Å². The molecule has 35 heavy (non-hydrogen) atoms. The maximum atomic E-state index is 11.8. The number of imidazole rings is 1. The second-order valence-electron chi connectivity index (χ2n) is 7.98. The Morgan fingerprint density at radius 3 is 2.57 bits per heavy atom. The number of nitrogens with one attached hydrogen (secondary N) is 1. The predicted molar refractivity (Wildman–Crippen MR) is 124 cm³/mol. The fourth-order valence-electron chi connectivity index (χ4n) is 4.08. The third kappa shape index (κ3) is 5.68. The number of halogens is 4. The van der Waals surface area contributed by atoms with E-state index >= 15 is 0 Å². The van der Waals surface area contributed by atoms with Gasteiger partial charge in [0.15, 0.2) is 23.2 Å². The van der Waals surface area contributed by atoms with Gasteiger partial charge < -0.3 is 29.7 Å². The van der Waals surface area contributed by atoms with Crippen LogP contribution in [0.2, 0.25) is 0 Å². The minimum atomic E-state index is -1.39. The Morgan fingerprint density at radius 1 is 1.11 bits per heavy atom. The van der Waals surface area contributed by atoms with E-state index in [0.717, 1.165) is 6.42 Å². The average Bonchev–Trinajstić information content (AvgIpc) is 3.51. The summed E-state index contributed by atoms with van der Waals surface area (Å²) >= 11 is 22.1. The first-order chi connectivity index (χ1) is 16.7. The van der Waals surface area contributed by atoms with E-state index in [-0.39, 0.29) is 12.6 Å². The van der Waals surface area contributed by atoms with Gasteiger partial charge >= 0.3 is 11.9 Å². The van der Waals surface area contributed by atoms with E-state index < -0.39 is 52.3 Å². The molecule has 16 heteroatoms. The molecule has 2 aromatic rings. The molecular formula is C19H21Cl4N5O7. The van der Waals surface area contributed by atoms with Crippen LogP contribution in [0.5, 0.6) is 0 Å². The predicted octanol–water partition coefficient (Wildman–Crippen LogP) is 1.47. The van der Waals surface area contributed by atoms with Gasteiger partial charge in [-0.2, -0.15) is 0 Å². The van der Waals surface area contributed by atoms with Gasteiger partial charge in [-0.25, -0.2) is 24.5 Å². The normalized spacial score (nSPS) is 28.7. The lowest BCUT2D eigenvalue weighted by Crippen LogP contribution is -2.34. The fourth-order valence-corrected chi connectivity index (χ4v) is 4.31. The molecule has 0 aromatic carbocycles. The summed E-state index contributed by atoms with van der Waals surface area (Å²) in [6.45, 7) is -0.370. The highest BCUT2D eigenvalue weighted by atomic mass is 35.5. The molecule has 3 unspecified atom stereocenters. The van der Waals surface area contributed by atoms with E-state index in [0.29, 0.717) is 29.8 Å². The van der Waals surface area contributed by atoms with Gasteiger partial charge in [0.2, 0.25) is 9.67 Å². The molecule has 0 spiro atoms. The summed E-state index contributed by atoms with van der Waals surface area (Å²) in [5.74, 6) is -1.24. The van der Waals surface area contributed by atoms with Crippen molar-refractivity contribution in [2.45, 2.75) is 65.6 Å². The van der Waals surface area contributed by atoms with Crippen molar-refractivity contribution in [1.29, 1.82) is 0 Å². The highest BCUT2D eigenvalue weighted by Gasteiger charge is 2.45. The Kier molecular flexibility index (Phi) is 8.41. The number of rotatable bonds is 8. The third-order valence-corrected chi connectivity index (χ3v) is 6.47. The Balaban J connectivity index is 1.50. The largest absolute Gasteiger partial charge is 0.461 e. The molecule has 1 aliphatic carbocycles. The molecular weight excluding hydrogens is 552 g/mol. The maximum Gasteiger partial charge on any atom is 0.339 e. The average molecular weight is 573 g/mol. The van der Waals surface area contributed by atoms with Crippen LogP contribution in [0, 0.1) is 0 Å². The molecule has 1 aliphatic heterocycles. The number of anilines is 1. The Bertz CT molecular complexity index is 1070. The van der Waals surface area contributed by atoms with E-state index in [9.17, 15) is 19.8 Å². The van der Waals surface area contributed by atoms with Crippen molar-refractivity contribution in [2.24, 2.45) is 0 Å². The molecule has 1 saturated heterocycles. The number of aliphatic hydroxyl groups excluding tert-OH is 2. The van der Waals surface area contributed by atoms with Crippen LogP contribution < -0.4 is 5.32 Å². The standard InChI is InChI=1S/C19H21Cl4N5O7/c20-13(21)18(31)33-4-9-11(29)12(30)17(34-9)28-6-26-10-15(24-5-25-16(10)28)27-7-2-1-3-8(7)35-19(32)14(22)23/h5-9,11-14,17,29-30H,1-4H2,(H,24,25,27)/t7-,8?,9?,11-,12-,17?/m1/s1. The second kappa shape index (κ2) is 11.2. The van der Waals surface area contributed by atoms with Crippen LogP contribution in [0.3, 0.4) is 0 Å². The molecule has 0 bridgehead atoms. The molecule has 4 rings (SSSR count). The molecule has 1 saturated carbocycles. The summed E-state index contributed by atoms with van der Waals surface area (Å²) in [6.07, 6.45) is -0.470. The first-order valence-electron chi connectivity index (χ1n) is 10.6. The van der Waals surface area contributed by atoms with Crippen molar-refractivity contribution in [3.05, 3.63) is 12.7 Å². The van der Waals surface area contributed by atoms with Crippen LogP contribution in [-0.4, -0.2) is 88.4 Å². The van der Waals surface area contributed by atoms with Gasteiger partial charge in [0.1, 0.15) is 37.4 Å². The van der Waals surface area contributed by atoms with Crippen LogP contribution in [-0.2, 0) is 23.8 Å². The second-order valence-corrected chi connectivity index (χ2v) is 10.2. The highest BCUT2D eigenvalue weighted by Crippen LogP contribution is 2.33. The van der Waals surface area contributed by atoms with Gasteiger partial charge in [-0.15, -0.1) is 0 Å². The van der Waals surface area contributed by atoms with Gasteiger partial charge in [-0.05, 0) is 19.3 Å². The number of esters is 2. The number of aromatic nitrogens is 4. The van der Waals surface area contributed by atoms with Gasteiger partial charge in [0, 0.05) is 0 Å². The minimum Gasteiger partial charge on any atom is -0.461 e. The SMILES string of the molecule is O=C(OCC1OC(n2cnc3c(N[C@@H]4CCCC4OC(=O)C(Cl)Cl)ncnc32)[C@H](O)[C@@H]1O)C(Cl)Cl. The number of alkyl halides is 4. The molecule has 2 fully saturated rings. The van der Waals surface area contributed by atoms with E-state index in [2.05, 4.69) is 20.3 Å². The molecule has 12 nitrogen and oxygen atoms in total. The zero-order chi connectivity index (χ0) is 25.3. The van der Waals surface area contributed by atoms with Crippen molar-refractivity contribution in [1.82, 2.24) is 19.5 Å². The Labute approximate surface area is 218 Å². The summed E-state index contributed by atoms with van der Waals surface area (Å²) in [7, 11) is 0. The number of ether oxygens (including phenoxy) is 3. The van der Waals surface area contributed by atoms with Crippen molar-refractivity contribution < 1.29 is 34.0 Å². The molecule has 3 heterocycles. The molecule has 0 amide bonds. The lowest BCUT2D eigenvalue weighted by atomic mass is 10.1. The monoisotopic (exact) mass is 571 g/mol. The highest BCUT2D eigenvalue weighted by molar-refractivity contribution is 6.53. The topological polar surface area (TPSA) is 158 Å². The van der Waals surface area contributed by atoms with E-state index in [1.165, 1.54) is 17.2 Å². The summed E-state index contributed by atoms with van der Waals surface area (Å²) < 4.78 is 17.4. The van der Waals surface area contributed by atoms with E-state index in [1.54, 1.807) is 0 Å². The van der Waals surface area contributed by atoms with Gasteiger partial charge in [0.25, 0.3) is 0 Å². The van der Waals surface area contributed by atoms with Gasteiger partial charge in [-0.3, -0.25) is 4.57 Å². The summed E-state index contributed by atoms with van der Waals surface area (Å²) in [5, 5.41) is 24.1. The smallest absolute Gasteiger partial charge is 0.339 e. The van der Waals surface area contributed by atoms with E-state index in [4.69, 9.17) is 60.6 Å². The van der Waals surface area contributed by atoms with Crippen molar-refractivity contribution >= 4 is 75.3 Å². The number of fused-ring (bicyclic) bond motifs is 1. The van der Waals surface area contributed by atoms with Crippen LogP contribution >= 0.6 is 46.4 Å². The lowest BCUT2D eigenvalue weighted by Gasteiger charge is -2.22. The third-order valence-electron chi connectivity index (χ3n) is 5.76. The number of carbonyl (C=O) groups excluding carboxylic acids is 2. The van der Waals surface area contributed by atoms with Gasteiger partial charge in [0.05, 0.1) is 12.4 Å². The van der Waals surface area contributed by atoms with Crippen LogP contribution in [0.25, 0.3) is 11.2 Å². The van der Waals surface area contributed by atoms with Crippen LogP contribution in [0.15, 0.2) is 12.7 Å². The van der Waals surface area contributed by atoms with Crippen molar-refractivity contribution in [2.75, 3.05) is 11.9 Å². The first-order valence-corrected chi connectivity index (χ1v) is 12.3. The number of nitrogens with zero attached hydrogens (tertiary/aromatic N) is 4. The Morgan fingerprint density at radius 2 is 1.86 bits per heavy atom. The van der Waals surface area contributed by atoms with E-state index in [1.807, 2.05) is 0 Å². The lowest BCUT2D eigenvalue weighted by molar-refractivity contribution is -0.148. The summed E-state index contributed by atoms with van der Waals surface area (Å²) in [5.41, 5.74) is 0.676. The maximum absolute atomic E-state index is 11.8. The quantitative estimate of drug-likeness (QED) is 0.310. The zero-order valence-corrected chi connectivity index (χ0v) is 20.9.